The van der Waals surface area contributed by atoms with Gasteiger partial charge in [-0.1, -0.05) is 78.6 Å². The van der Waals surface area contributed by atoms with Gasteiger partial charge in [0.2, 0.25) is 0 Å². The molecule has 31 heavy (non-hydrogen) atoms. The Kier molecular flexibility index (Phi) is 7.25. The first-order chi connectivity index (χ1) is 15.1. The third-order valence-electron chi connectivity index (χ3n) is 5.90. The van der Waals surface area contributed by atoms with E-state index in [9.17, 15) is 0 Å². The quantitative estimate of drug-likeness (QED) is 0.564. The minimum Gasteiger partial charge on any atom is -0.348 e. The van der Waals surface area contributed by atoms with Crippen LogP contribution in [-0.2, 0) is 22.6 Å². The molecule has 2 aliphatic rings. The lowest BCUT2D eigenvalue weighted by atomic mass is 9.99. The summed E-state index contributed by atoms with van der Waals surface area (Å²) in [7, 11) is 0. The van der Waals surface area contributed by atoms with E-state index >= 15 is 0 Å². The van der Waals surface area contributed by atoms with Gasteiger partial charge in [-0.05, 0) is 56.2 Å². The average molecular weight is 416 g/mol. The summed E-state index contributed by atoms with van der Waals surface area (Å²) in [6.07, 6.45) is 6.96. The van der Waals surface area contributed by atoms with Crippen molar-refractivity contribution in [1.29, 1.82) is 0 Å². The third-order valence-corrected chi connectivity index (χ3v) is 5.90. The van der Waals surface area contributed by atoms with Crippen molar-refractivity contribution in [2.75, 3.05) is 6.61 Å². The summed E-state index contributed by atoms with van der Waals surface area (Å²) in [6.45, 7) is 6.16. The Morgan fingerprint density at radius 3 is 2.13 bits per heavy atom. The van der Waals surface area contributed by atoms with Crippen molar-refractivity contribution in [2.45, 2.75) is 70.6 Å². The topological polar surface area (TPSA) is 21.7 Å². The van der Waals surface area contributed by atoms with Gasteiger partial charge in [0, 0.05) is 13.1 Å². The number of allylic oxidation sites excluding steroid dienone is 2. The standard InChI is InChI=1S/C28H33NO2/c1-28(2)30-22-27(31-28)26(19-18-23-12-6-3-7-13-23)29(20-24-14-8-4-9-15-24)21-25-16-10-5-11-17-25/h4-5,8-12,14-17,26-27H,3,6-7,13,20-22H2,1-2H3/t26-,27-/m1/s1. The van der Waals surface area contributed by atoms with Crippen molar-refractivity contribution in [3.63, 3.8) is 0 Å². The largest absolute Gasteiger partial charge is 0.348 e. The Bertz CT molecular complexity index is 882. The summed E-state index contributed by atoms with van der Waals surface area (Å²) in [4.78, 5) is 2.44. The maximum atomic E-state index is 6.32. The van der Waals surface area contributed by atoms with E-state index in [2.05, 4.69) is 83.5 Å². The van der Waals surface area contributed by atoms with Crippen LogP contribution in [0.1, 0.15) is 50.7 Å². The van der Waals surface area contributed by atoms with Crippen LogP contribution in [-0.4, -0.2) is 29.4 Å². The SMILES string of the molecule is CC1(C)OC[C@H]([C@@H](C#CC2=CCCCC2)N(Cc2ccccc2)Cc2ccccc2)O1. The van der Waals surface area contributed by atoms with Crippen molar-refractivity contribution in [2.24, 2.45) is 0 Å². The number of benzene rings is 2. The molecule has 2 aromatic carbocycles. The van der Waals surface area contributed by atoms with E-state index < -0.39 is 5.79 Å². The molecule has 0 unspecified atom stereocenters. The predicted octanol–water partition coefficient (Wildman–Crippen LogP) is 5.71. The smallest absolute Gasteiger partial charge is 0.163 e. The van der Waals surface area contributed by atoms with Gasteiger partial charge in [-0.25, -0.2) is 0 Å². The van der Waals surface area contributed by atoms with Crippen LogP contribution in [0.25, 0.3) is 0 Å². The van der Waals surface area contributed by atoms with E-state index in [0.29, 0.717) is 6.61 Å². The molecule has 1 aliphatic carbocycles. The van der Waals surface area contributed by atoms with Crippen LogP contribution in [0.2, 0.25) is 0 Å². The number of hydrogen-bond donors (Lipinski definition) is 0. The van der Waals surface area contributed by atoms with Gasteiger partial charge in [0.25, 0.3) is 0 Å². The van der Waals surface area contributed by atoms with Crippen LogP contribution in [0.15, 0.2) is 72.3 Å². The molecular weight excluding hydrogens is 382 g/mol. The summed E-state index contributed by atoms with van der Waals surface area (Å²) >= 11 is 0. The second-order valence-corrected chi connectivity index (χ2v) is 8.93. The number of rotatable bonds is 6. The first-order valence-corrected chi connectivity index (χ1v) is 11.4. The maximum absolute atomic E-state index is 6.32. The van der Waals surface area contributed by atoms with E-state index in [0.717, 1.165) is 25.9 Å². The zero-order valence-electron chi connectivity index (χ0n) is 18.7. The molecule has 1 fully saturated rings. The molecule has 0 amide bonds. The Morgan fingerprint density at radius 1 is 0.968 bits per heavy atom. The van der Waals surface area contributed by atoms with E-state index in [4.69, 9.17) is 9.47 Å². The monoisotopic (exact) mass is 415 g/mol. The minimum absolute atomic E-state index is 0.0509. The highest BCUT2D eigenvalue weighted by Gasteiger charge is 2.39. The fraction of sp³-hybridized carbons (Fsp3) is 0.429. The highest BCUT2D eigenvalue weighted by Crippen LogP contribution is 2.28. The van der Waals surface area contributed by atoms with E-state index in [-0.39, 0.29) is 12.1 Å². The van der Waals surface area contributed by atoms with Crippen molar-refractivity contribution < 1.29 is 9.47 Å². The van der Waals surface area contributed by atoms with Crippen molar-refractivity contribution in [3.8, 4) is 11.8 Å². The molecule has 4 rings (SSSR count). The molecule has 2 atom stereocenters. The molecule has 0 saturated carbocycles. The summed E-state index contributed by atoms with van der Waals surface area (Å²) in [5.41, 5.74) is 3.83. The molecule has 0 spiro atoms. The van der Waals surface area contributed by atoms with Crippen LogP contribution >= 0.6 is 0 Å². The van der Waals surface area contributed by atoms with Gasteiger partial charge >= 0.3 is 0 Å². The van der Waals surface area contributed by atoms with Crippen LogP contribution < -0.4 is 0 Å². The van der Waals surface area contributed by atoms with E-state index in [1.807, 2.05) is 13.8 Å². The molecule has 0 aromatic heterocycles. The lowest BCUT2D eigenvalue weighted by Gasteiger charge is -2.32. The van der Waals surface area contributed by atoms with Crippen LogP contribution in [0.4, 0.5) is 0 Å². The lowest BCUT2D eigenvalue weighted by molar-refractivity contribution is -0.144. The summed E-state index contributed by atoms with van der Waals surface area (Å²) in [6, 6.07) is 21.2. The molecular formula is C28H33NO2. The van der Waals surface area contributed by atoms with Gasteiger partial charge in [0.1, 0.15) is 12.1 Å². The minimum atomic E-state index is -0.570. The van der Waals surface area contributed by atoms with Crippen molar-refractivity contribution in [3.05, 3.63) is 83.4 Å². The fourth-order valence-corrected chi connectivity index (χ4v) is 4.30. The normalized spacial score (nSPS) is 21.3. The first-order valence-electron chi connectivity index (χ1n) is 11.4. The number of hydrogen-bond acceptors (Lipinski definition) is 3. The molecule has 2 aromatic rings. The second kappa shape index (κ2) is 10.3. The molecule has 0 N–H and O–H groups in total. The lowest BCUT2D eigenvalue weighted by Crippen LogP contribution is -2.44. The second-order valence-electron chi connectivity index (χ2n) is 8.93. The molecule has 0 radical (unpaired) electrons. The zero-order chi connectivity index (χ0) is 21.5. The van der Waals surface area contributed by atoms with Crippen LogP contribution in [0.5, 0.6) is 0 Å². The van der Waals surface area contributed by atoms with E-state index in [1.54, 1.807) is 0 Å². The fourth-order valence-electron chi connectivity index (χ4n) is 4.30. The van der Waals surface area contributed by atoms with Crippen LogP contribution in [0, 0.1) is 11.8 Å². The molecule has 1 aliphatic heterocycles. The van der Waals surface area contributed by atoms with Crippen molar-refractivity contribution >= 4 is 0 Å². The molecule has 3 heteroatoms. The molecule has 0 bridgehead atoms. The Morgan fingerprint density at radius 2 is 1.61 bits per heavy atom. The maximum Gasteiger partial charge on any atom is 0.163 e. The summed E-state index contributed by atoms with van der Waals surface area (Å²) in [5.74, 6) is 6.55. The number of ether oxygens (including phenoxy) is 2. The van der Waals surface area contributed by atoms with E-state index in [1.165, 1.54) is 29.5 Å². The molecule has 1 heterocycles. The Labute approximate surface area is 187 Å². The molecule has 162 valence electrons. The molecule has 1 saturated heterocycles. The highest BCUT2D eigenvalue weighted by molar-refractivity contribution is 5.32. The summed E-state index contributed by atoms with van der Waals surface area (Å²) < 4.78 is 12.3. The third kappa shape index (κ3) is 6.31. The number of nitrogens with zero attached hydrogens (tertiary/aromatic N) is 1. The van der Waals surface area contributed by atoms with Gasteiger partial charge < -0.3 is 9.47 Å². The van der Waals surface area contributed by atoms with Gasteiger partial charge in [0.15, 0.2) is 5.79 Å². The Hall–Kier alpha value is -2.38. The van der Waals surface area contributed by atoms with Gasteiger partial charge in [0.05, 0.1) is 6.61 Å². The van der Waals surface area contributed by atoms with Crippen molar-refractivity contribution in [1.82, 2.24) is 4.90 Å². The van der Waals surface area contributed by atoms with Gasteiger partial charge in [-0.2, -0.15) is 0 Å². The Balaban J connectivity index is 1.65. The summed E-state index contributed by atoms with van der Waals surface area (Å²) in [5, 5.41) is 0. The first kappa shape index (κ1) is 21.8. The predicted molar refractivity (Wildman–Crippen MR) is 125 cm³/mol. The average Bonchev–Trinajstić information content (AvgIpc) is 3.15. The van der Waals surface area contributed by atoms with Crippen LogP contribution in [0.3, 0.4) is 0 Å². The highest BCUT2D eigenvalue weighted by atomic mass is 16.7. The molecule has 3 nitrogen and oxygen atoms in total. The van der Waals surface area contributed by atoms with Gasteiger partial charge in [-0.3, -0.25) is 4.90 Å². The zero-order valence-corrected chi connectivity index (χ0v) is 18.7. The van der Waals surface area contributed by atoms with Gasteiger partial charge in [-0.15, -0.1) is 0 Å².